The van der Waals surface area contributed by atoms with Gasteiger partial charge in [-0.1, -0.05) is 0 Å². The van der Waals surface area contributed by atoms with Crippen LogP contribution < -0.4 is 5.32 Å². The highest BCUT2D eigenvalue weighted by molar-refractivity contribution is 7.95. The Bertz CT molecular complexity index is 485. The minimum atomic E-state index is -3.47. The minimum Gasteiger partial charge on any atom is -0.314 e. The third kappa shape index (κ3) is 2.64. The van der Waals surface area contributed by atoms with E-state index in [0.717, 1.165) is 0 Å². The summed E-state index contributed by atoms with van der Waals surface area (Å²) < 4.78 is 48.8. The fourth-order valence-corrected chi connectivity index (χ4v) is 7.11. The average Bonchev–Trinajstić information content (AvgIpc) is 2.60. The second kappa shape index (κ2) is 4.49. The van der Waals surface area contributed by atoms with Crippen LogP contribution in [0, 0.1) is 0 Å². The smallest absolute Gasteiger partial charge is 0.218 e. The molecule has 2 aliphatic heterocycles. The van der Waals surface area contributed by atoms with Crippen LogP contribution >= 0.6 is 0 Å². The number of sulfonamides is 1. The normalized spacial score (nSPS) is 34.9. The summed E-state index contributed by atoms with van der Waals surface area (Å²) >= 11 is 0. The van der Waals surface area contributed by atoms with E-state index in [1.807, 2.05) is 6.92 Å². The lowest BCUT2D eigenvalue weighted by Gasteiger charge is -2.34. The summed E-state index contributed by atoms with van der Waals surface area (Å²) in [5.74, 6) is -0.219. The van der Waals surface area contributed by atoms with E-state index in [1.54, 1.807) is 0 Å². The maximum Gasteiger partial charge on any atom is 0.218 e. The van der Waals surface area contributed by atoms with Crippen molar-refractivity contribution in [1.29, 1.82) is 0 Å². The van der Waals surface area contributed by atoms with Crippen LogP contribution in [0.5, 0.6) is 0 Å². The third-order valence-electron chi connectivity index (χ3n) is 3.38. The van der Waals surface area contributed by atoms with Crippen molar-refractivity contribution < 1.29 is 16.8 Å². The highest BCUT2D eigenvalue weighted by Gasteiger charge is 2.42. The van der Waals surface area contributed by atoms with Gasteiger partial charge in [0.15, 0.2) is 9.84 Å². The van der Waals surface area contributed by atoms with Gasteiger partial charge in [0, 0.05) is 25.7 Å². The summed E-state index contributed by atoms with van der Waals surface area (Å²) in [7, 11) is -6.62. The molecule has 0 radical (unpaired) electrons. The van der Waals surface area contributed by atoms with Gasteiger partial charge in [0.1, 0.15) is 0 Å². The maximum absolute atomic E-state index is 12.3. The minimum absolute atomic E-state index is 0.00261. The average molecular weight is 282 g/mol. The molecule has 2 rings (SSSR count). The van der Waals surface area contributed by atoms with E-state index in [4.69, 9.17) is 0 Å². The lowest BCUT2D eigenvalue weighted by molar-refractivity contribution is 0.281. The van der Waals surface area contributed by atoms with Crippen LogP contribution in [0.3, 0.4) is 0 Å². The topological polar surface area (TPSA) is 83.6 Å². The highest BCUT2D eigenvalue weighted by Crippen LogP contribution is 2.24. The fraction of sp³-hybridized carbons (Fsp3) is 1.00. The first kappa shape index (κ1) is 13.3. The predicted octanol–water partition coefficient (Wildman–Crippen LogP) is -1.20. The SMILES string of the molecule is C[C@H]1CNCCN1S(=O)(=O)C1CCS(=O)(=O)C1. The summed E-state index contributed by atoms with van der Waals surface area (Å²) in [5, 5.41) is 2.38. The lowest BCUT2D eigenvalue weighted by Crippen LogP contribution is -2.54. The molecule has 1 N–H and O–H groups in total. The first-order chi connectivity index (χ1) is 7.83. The molecular weight excluding hydrogens is 264 g/mol. The lowest BCUT2D eigenvalue weighted by atomic mass is 10.3. The fourth-order valence-electron chi connectivity index (χ4n) is 2.39. The van der Waals surface area contributed by atoms with Crippen molar-refractivity contribution in [2.24, 2.45) is 0 Å². The molecule has 0 aromatic heterocycles. The zero-order chi connectivity index (χ0) is 12.7. The molecule has 0 spiro atoms. The van der Waals surface area contributed by atoms with E-state index in [1.165, 1.54) is 4.31 Å². The van der Waals surface area contributed by atoms with E-state index >= 15 is 0 Å². The molecule has 6 nitrogen and oxygen atoms in total. The second-order valence-corrected chi connectivity index (χ2v) is 9.13. The molecule has 8 heteroatoms. The van der Waals surface area contributed by atoms with E-state index < -0.39 is 25.1 Å². The van der Waals surface area contributed by atoms with Crippen LogP contribution in [0.2, 0.25) is 0 Å². The molecule has 2 aliphatic rings. The highest BCUT2D eigenvalue weighted by atomic mass is 32.2. The van der Waals surface area contributed by atoms with Crippen LogP contribution in [0.4, 0.5) is 0 Å². The van der Waals surface area contributed by atoms with Gasteiger partial charge < -0.3 is 5.32 Å². The van der Waals surface area contributed by atoms with Gasteiger partial charge in [-0.05, 0) is 13.3 Å². The summed E-state index contributed by atoms with van der Waals surface area (Å²) in [6, 6.07) is -0.0999. The standard InChI is InChI=1S/C9H18N2O4S2/c1-8-6-10-3-4-11(8)17(14,15)9-2-5-16(12,13)7-9/h8-10H,2-7H2,1H3/t8-,9?/m0/s1. The van der Waals surface area contributed by atoms with E-state index in [-0.39, 0.29) is 24.0 Å². The molecule has 0 bridgehead atoms. The number of hydrogen-bond donors (Lipinski definition) is 1. The molecule has 2 heterocycles. The second-order valence-electron chi connectivity index (χ2n) is 4.73. The Kier molecular flexibility index (Phi) is 3.50. The zero-order valence-corrected chi connectivity index (χ0v) is 11.4. The Morgan fingerprint density at radius 1 is 1.35 bits per heavy atom. The summed E-state index contributed by atoms with van der Waals surface area (Å²) in [6.45, 7) is 3.52. The molecule has 17 heavy (non-hydrogen) atoms. The Labute approximate surface area is 102 Å². The Hall–Kier alpha value is -0.180. The van der Waals surface area contributed by atoms with Crippen LogP contribution in [-0.4, -0.2) is 63.6 Å². The van der Waals surface area contributed by atoms with Gasteiger partial charge in [0.2, 0.25) is 10.0 Å². The Balaban J connectivity index is 2.19. The quantitative estimate of drug-likeness (QED) is 0.687. The molecule has 2 atom stereocenters. The molecule has 0 aromatic carbocycles. The molecule has 100 valence electrons. The Morgan fingerprint density at radius 2 is 2.06 bits per heavy atom. The molecule has 0 aliphatic carbocycles. The van der Waals surface area contributed by atoms with Crippen molar-refractivity contribution in [1.82, 2.24) is 9.62 Å². The summed E-state index contributed by atoms with van der Waals surface area (Å²) in [4.78, 5) is 0. The first-order valence-electron chi connectivity index (χ1n) is 5.75. The van der Waals surface area contributed by atoms with Crippen molar-refractivity contribution in [3.63, 3.8) is 0 Å². The molecule has 0 saturated carbocycles. The number of sulfone groups is 1. The van der Waals surface area contributed by atoms with E-state index in [2.05, 4.69) is 5.32 Å². The van der Waals surface area contributed by atoms with Crippen molar-refractivity contribution in [2.45, 2.75) is 24.6 Å². The van der Waals surface area contributed by atoms with Gasteiger partial charge in [0.05, 0.1) is 16.8 Å². The third-order valence-corrected chi connectivity index (χ3v) is 7.80. The van der Waals surface area contributed by atoms with Crippen LogP contribution in [-0.2, 0) is 19.9 Å². The molecule has 1 unspecified atom stereocenters. The predicted molar refractivity (Wildman–Crippen MR) is 65.0 cm³/mol. The van der Waals surface area contributed by atoms with Crippen molar-refractivity contribution >= 4 is 19.9 Å². The first-order valence-corrected chi connectivity index (χ1v) is 9.07. The molecule has 0 amide bonds. The van der Waals surface area contributed by atoms with Crippen molar-refractivity contribution in [2.75, 3.05) is 31.1 Å². The van der Waals surface area contributed by atoms with Gasteiger partial charge in [-0.2, -0.15) is 4.31 Å². The summed E-state index contributed by atoms with van der Waals surface area (Å²) in [6.07, 6.45) is 0.237. The van der Waals surface area contributed by atoms with Gasteiger partial charge in [-0.15, -0.1) is 0 Å². The molecular formula is C9H18N2O4S2. The molecule has 0 aromatic rings. The van der Waals surface area contributed by atoms with Crippen LogP contribution in [0.1, 0.15) is 13.3 Å². The molecule has 2 saturated heterocycles. The Morgan fingerprint density at radius 3 is 2.59 bits per heavy atom. The maximum atomic E-state index is 12.3. The number of piperazine rings is 1. The van der Waals surface area contributed by atoms with Crippen LogP contribution in [0.15, 0.2) is 0 Å². The van der Waals surface area contributed by atoms with Crippen molar-refractivity contribution in [3.8, 4) is 0 Å². The van der Waals surface area contributed by atoms with Gasteiger partial charge in [0.25, 0.3) is 0 Å². The monoisotopic (exact) mass is 282 g/mol. The largest absolute Gasteiger partial charge is 0.314 e. The van der Waals surface area contributed by atoms with Crippen LogP contribution in [0.25, 0.3) is 0 Å². The molecule has 2 fully saturated rings. The number of nitrogens with one attached hydrogen (secondary N) is 1. The number of nitrogens with zero attached hydrogens (tertiary/aromatic N) is 1. The van der Waals surface area contributed by atoms with Gasteiger partial charge in [-0.25, -0.2) is 16.8 Å². The van der Waals surface area contributed by atoms with Crippen molar-refractivity contribution in [3.05, 3.63) is 0 Å². The van der Waals surface area contributed by atoms with E-state index in [0.29, 0.717) is 19.6 Å². The zero-order valence-electron chi connectivity index (χ0n) is 9.79. The number of rotatable bonds is 2. The van der Waals surface area contributed by atoms with E-state index in [9.17, 15) is 16.8 Å². The van der Waals surface area contributed by atoms with Gasteiger partial charge in [-0.3, -0.25) is 0 Å². The number of hydrogen-bond acceptors (Lipinski definition) is 5. The summed E-state index contributed by atoms with van der Waals surface area (Å²) in [5.41, 5.74) is 0. The van der Waals surface area contributed by atoms with Gasteiger partial charge >= 0.3 is 0 Å².